The first-order valence-electron chi connectivity index (χ1n) is 6.05. The number of amides is 2. The standard InChI is InChI=1S/C12H17N3O5S/c1-7-9(21-6-13-7)5-15(2)12(19)14-8(11(17)18)4-10(16)20-3/h6,8H,4-5H2,1-3H3,(H,14,19)(H,17,18)/t8-/m0/s1. The minimum atomic E-state index is -1.32. The van der Waals surface area contributed by atoms with E-state index in [9.17, 15) is 14.4 Å². The van der Waals surface area contributed by atoms with Crippen molar-refractivity contribution in [2.24, 2.45) is 0 Å². The van der Waals surface area contributed by atoms with Crippen molar-refractivity contribution in [1.29, 1.82) is 0 Å². The van der Waals surface area contributed by atoms with E-state index < -0.39 is 30.4 Å². The van der Waals surface area contributed by atoms with Gasteiger partial charge in [0, 0.05) is 11.9 Å². The molecule has 0 saturated carbocycles. The molecule has 8 nitrogen and oxygen atoms in total. The summed E-state index contributed by atoms with van der Waals surface area (Å²) in [7, 11) is 2.69. The highest BCUT2D eigenvalue weighted by atomic mass is 32.1. The zero-order chi connectivity index (χ0) is 16.0. The zero-order valence-electron chi connectivity index (χ0n) is 12.0. The zero-order valence-corrected chi connectivity index (χ0v) is 12.8. The van der Waals surface area contributed by atoms with E-state index in [1.54, 1.807) is 5.51 Å². The SMILES string of the molecule is COC(=O)C[C@H](NC(=O)N(C)Cc1scnc1C)C(=O)O. The number of aryl methyl sites for hydroxylation is 1. The molecule has 0 bridgehead atoms. The smallest absolute Gasteiger partial charge is 0.326 e. The minimum Gasteiger partial charge on any atom is -0.480 e. The molecule has 0 fully saturated rings. The molecule has 2 amide bonds. The Kier molecular flexibility index (Phi) is 6.10. The van der Waals surface area contributed by atoms with E-state index in [0.29, 0.717) is 6.54 Å². The fraction of sp³-hybridized carbons (Fsp3) is 0.500. The van der Waals surface area contributed by atoms with Gasteiger partial charge in [-0.05, 0) is 6.92 Å². The molecule has 0 aliphatic carbocycles. The molecule has 1 heterocycles. The van der Waals surface area contributed by atoms with Gasteiger partial charge in [-0.1, -0.05) is 0 Å². The van der Waals surface area contributed by atoms with Crippen LogP contribution in [0.1, 0.15) is 17.0 Å². The van der Waals surface area contributed by atoms with Crippen LogP contribution in [0.15, 0.2) is 5.51 Å². The third-order valence-corrected chi connectivity index (χ3v) is 3.69. The lowest BCUT2D eigenvalue weighted by Crippen LogP contribution is -2.47. The van der Waals surface area contributed by atoms with Gasteiger partial charge in [-0.25, -0.2) is 14.6 Å². The monoisotopic (exact) mass is 315 g/mol. The summed E-state index contributed by atoms with van der Waals surface area (Å²) in [5.74, 6) is -2.00. The summed E-state index contributed by atoms with van der Waals surface area (Å²) >= 11 is 1.41. The number of nitrogens with zero attached hydrogens (tertiary/aromatic N) is 2. The lowest BCUT2D eigenvalue weighted by molar-refractivity contribution is -0.147. The first-order chi connectivity index (χ1) is 9.85. The number of thiazole rings is 1. The van der Waals surface area contributed by atoms with Crippen LogP contribution in [0.4, 0.5) is 4.79 Å². The lowest BCUT2D eigenvalue weighted by Gasteiger charge is -2.20. The third kappa shape index (κ3) is 5.03. The second-order valence-corrected chi connectivity index (χ2v) is 5.28. The van der Waals surface area contributed by atoms with Crippen LogP contribution in [0.5, 0.6) is 0 Å². The van der Waals surface area contributed by atoms with Gasteiger partial charge in [0.05, 0.1) is 31.3 Å². The van der Waals surface area contributed by atoms with Gasteiger partial charge >= 0.3 is 18.0 Å². The molecule has 2 N–H and O–H groups in total. The molecular weight excluding hydrogens is 298 g/mol. The molecule has 0 aliphatic rings. The van der Waals surface area contributed by atoms with Gasteiger partial charge < -0.3 is 20.1 Å². The molecular formula is C12H17N3O5S. The van der Waals surface area contributed by atoms with Crippen molar-refractivity contribution in [1.82, 2.24) is 15.2 Å². The van der Waals surface area contributed by atoms with E-state index in [2.05, 4.69) is 15.0 Å². The number of aliphatic carboxylic acids is 1. The molecule has 0 aliphatic heterocycles. The van der Waals surface area contributed by atoms with Crippen LogP contribution in [0.3, 0.4) is 0 Å². The van der Waals surface area contributed by atoms with Crippen molar-refractivity contribution >= 4 is 29.3 Å². The van der Waals surface area contributed by atoms with Crippen molar-refractivity contribution in [3.63, 3.8) is 0 Å². The summed E-state index contributed by atoms with van der Waals surface area (Å²) in [6.07, 6.45) is -0.426. The van der Waals surface area contributed by atoms with Crippen LogP contribution >= 0.6 is 11.3 Å². The Bertz CT molecular complexity index is 531. The number of aromatic nitrogens is 1. The van der Waals surface area contributed by atoms with Crippen molar-refractivity contribution in [2.75, 3.05) is 14.2 Å². The fourth-order valence-corrected chi connectivity index (χ4v) is 2.30. The van der Waals surface area contributed by atoms with Gasteiger partial charge in [0.15, 0.2) is 0 Å². The highest BCUT2D eigenvalue weighted by Gasteiger charge is 2.25. The summed E-state index contributed by atoms with van der Waals surface area (Å²) in [5, 5.41) is 11.3. The van der Waals surface area contributed by atoms with Crippen LogP contribution in [0, 0.1) is 6.92 Å². The predicted molar refractivity (Wildman–Crippen MR) is 74.9 cm³/mol. The van der Waals surface area contributed by atoms with Crippen molar-refractivity contribution in [3.8, 4) is 0 Å². The Balaban J connectivity index is 2.62. The van der Waals surface area contributed by atoms with Crippen LogP contribution < -0.4 is 5.32 Å². The number of ether oxygens (including phenoxy) is 1. The highest BCUT2D eigenvalue weighted by molar-refractivity contribution is 7.09. The maximum absolute atomic E-state index is 11.9. The van der Waals surface area contributed by atoms with Gasteiger partial charge in [0.2, 0.25) is 0 Å². The maximum Gasteiger partial charge on any atom is 0.326 e. The first-order valence-corrected chi connectivity index (χ1v) is 6.93. The number of nitrogens with one attached hydrogen (secondary N) is 1. The molecule has 1 aromatic rings. The Hall–Kier alpha value is -2.16. The third-order valence-electron chi connectivity index (χ3n) is 2.77. The van der Waals surface area contributed by atoms with Crippen LogP contribution in [-0.2, 0) is 20.9 Å². The van der Waals surface area contributed by atoms with E-state index >= 15 is 0 Å². The fourth-order valence-electron chi connectivity index (χ4n) is 1.47. The van der Waals surface area contributed by atoms with E-state index in [1.807, 2.05) is 6.92 Å². The van der Waals surface area contributed by atoms with Gasteiger partial charge in [0.25, 0.3) is 0 Å². The Morgan fingerprint density at radius 1 is 1.52 bits per heavy atom. The number of carboxylic acid groups (broad SMARTS) is 1. The quantitative estimate of drug-likeness (QED) is 0.744. The molecule has 1 rings (SSSR count). The summed E-state index contributed by atoms with van der Waals surface area (Å²) in [6, 6.07) is -1.91. The second kappa shape index (κ2) is 7.58. The first kappa shape index (κ1) is 16.9. The molecule has 0 unspecified atom stereocenters. The van der Waals surface area contributed by atoms with Gasteiger partial charge in [0.1, 0.15) is 6.04 Å². The molecule has 0 aromatic carbocycles. The van der Waals surface area contributed by atoms with Crippen molar-refractivity contribution < 1.29 is 24.2 Å². The van der Waals surface area contributed by atoms with Gasteiger partial charge in [-0.3, -0.25) is 4.79 Å². The summed E-state index contributed by atoms with van der Waals surface area (Å²) in [5.41, 5.74) is 2.50. The maximum atomic E-state index is 11.9. The molecule has 1 aromatic heterocycles. The molecule has 1 atom stereocenters. The number of rotatable bonds is 6. The van der Waals surface area contributed by atoms with Crippen molar-refractivity contribution in [2.45, 2.75) is 25.9 Å². The molecule has 116 valence electrons. The van der Waals surface area contributed by atoms with Crippen LogP contribution in [-0.4, -0.2) is 53.2 Å². The van der Waals surface area contributed by atoms with Gasteiger partial charge in [-0.2, -0.15) is 0 Å². The van der Waals surface area contributed by atoms with E-state index in [-0.39, 0.29) is 0 Å². The minimum absolute atomic E-state index is 0.312. The highest BCUT2D eigenvalue weighted by Crippen LogP contribution is 2.14. The summed E-state index contributed by atoms with van der Waals surface area (Å²) < 4.78 is 4.40. The number of hydrogen-bond acceptors (Lipinski definition) is 6. The Labute approximate surface area is 125 Å². The number of urea groups is 1. The van der Waals surface area contributed by atoms with Crippen LogP contribution in [0.25, 0.3) is 0 Å². The number of carbonyl (C=O) groups excluding carboxylic acids is 2. The number of methoxy groups -OCH3 is 1. The Morgan fingerprint density at radius 3 is 2.67 bits per heavy atom. The molecule has 0 radical (unpaired) electrons. The average Bonchev–Trinajstić information content (AvgIpc) is 2.82. The number of hydrogen-bond donors (Lipinski definition) is 2. The van der Waals surface area contributed by atoms with Crippen LogP contribution in [0.2, 0.25) is 0 Å². The normalized spacial score (nSPS) is 11.6. The molecule has 9 heteroatoms. The Morgan fingerprint density at radius 2 is 2.19 bits per heavy atom. The molecule has 0 saturated heterocycles. The van der Waals surface area contributed by atoms with E-state index in [4.69, 9.17) is 5.11 Å². The largest absolute Gasteiger partial charge is 0.480 e. The molecule has 21 heavy (non-hydrogen) atoms. The van der Waals surface area contributed by atoms with E-state index in [0.717, 1.165) is 17.7 Å². The number of esters is 1. The second-order valence-electron chi connectivity index (χ2n) is 4.34. The number of carbonyl (C=O) groups is 3. The van der Waals surface area contributed by atoms with E-state index in [1.165, 1.54) is 23.3 Å². The predicted octanol–water partition coefficient (Wildman–Crippen LogP) is 0.609. The summed E-state index contributed by atoms with van der Waals surface area (Å²) in [4.78, 5) is 40.4. The molecule has 0 spiro atoms. The topological polar surface area (TPSA) is 109 Å². The number of carboxylic acids is 1. The summed E-state index contributed by atoms with van der Waals surface area (Å²) in [6.45, 7) is 2.14. The van der Waals surface area contributed by atoms with Crippen molar-refractivity contribution in [3.05, 3.63) is 16.1 Å². The lowest BCUT2D eigenvalue weighted by atomic mass is 10.2. The van der Waals surface area contributed by atoms with Gasteiger partial charge in [-0.15, -0.1) is 11.3 Å². The average molecular weight is 315 g/mol.